The first-order valence-electron chi connectivity index (χ1n) is 7.04. The molecule has 0 saturated carbocycles. The van der Waals surface area contributed by atoms with Crippen LogP contribution in [0.1, 0.15) is 34.3 Å². The van der Waals surface area contributed by atoms with Gasteiger partial charge in [-0.2, -0.15) is 0 Å². The van der Waals surface area contributed by atoms with Gasteiger partial charge in [0.2, 0.25) is 0 Å². The maximum Gasteiger partial charge on any atom is 0.192 e. The maximum absolute atomic E-state index is 12.6. The van der Waals surface area contributed by atoms with E-state index < -0.39 is 0 Å². The van der Waals surface area contributed by atoms with Gasteiger partial charge in [-0.25, -0.2) is 0 Å². The van der Waals surface area contributed by atoms with E-state index >= 15 is 0 Å². The van der Waals surface area contributed by atoms with E-state index in [9.17, 15) is 4.79 Å². The lowest BCUT2D eigenvalue weighted by Crippen LogP contribution is -2.19. The standard InChI is InChI=1S/C17H16O2/c18-17(15-5-2-10-19-15)14-9-8-12-7-6-11-3-1-4-13(14)16(11)12/h1,3-4,8-9,15H,2,5-7,10H2. The lowest BCUT2D eigenvalue weighted by Gasteiger charge is -2.12. The maximum atomic E-state index is 12.6. The lowest BCUT2D eigenvalue weighted by atomic mass is 9.95. The van der Waals surface area contributed by atoms with E-state index in [1.54, 1.807) is 0 Å². The lowest BCUT2D eigenvalue weighted by molar-refractivity contribution is 0.0644. The predicted molar refractivity (Wildman–Crippen MR) is 74.7 cm³/mol. The van der Waals surface area contributed by atoms with Gasteiger partial charge in [-0.15, -0.1) is 0 Å². The summed E-state index contributed by atoms with van der Waals surface area (Å²) in [6, 6.07) is 10.5. The second-order valence-corrected chi connectivity index (χ2v) is 5.48. The number of Topliss-reactive ketones (excluding diaryl/α,β-unsaturated/α-hetero) is 1. The largest absolute Gasteiger partial charge is 0.370 e. The Morgan fingerprint density at radius 1 is 1.11 bits per heavy atom. The zero-order valence-electron chi connectivity index (χ0n) is 10.8. The molecule has 1 aliphatic heterocycles. The molecule has 1 unspecified atom stereocenters. The molecule has 1 heterocycles. The molecule has 2 heteroatoms. The van der Waals surface area contributed by atoms with Gasteiger partial charge in [-0.1, -0.05) is 30.3 Å². The van der Waals surface area contributed by atoms with Crippen LogP contribution in [-0.2, 0) is 17.6 Å². The van der Waals surface area contributed by atoms with Crippen molar-refractivity contribution in [2.45, 2.75) is 31.8 Å². The summed E-state index contributed by atoms with van der Waals surface area (Å²) in [4.78, 5) is 12.6. The van der Waals surface area contributed by atoms with Crippen molar-refractivity contribution in [2.24, 2.45) is 0 Å². The van der Waals surface area contributed by atoms with Crippen LogP contribution in [0.3, 0.4) is 0 Å². The molecule has 4 rings (SSSR count). The predicted octanol–water partition coefficient (Wildman–Crippen LogP) is 3.30. The summed E-state index contributed by atoms with van der Waals surface area (Å²) in [6.45, 7) is 0.720. The summed E-state index contributed by atoms with van der Waals surface area (Å²) in [7, 11) is 0. The van der Waals surface area contributed by atoms with Gasteiger partial charge in [-0.05, 0) is 47.6 Å². The zero-order valence-corrected chi connectivity index (χ0v) is 10.8. The smallest absolute Gasteiger partial charge is 0.192 e. The second kappa shape index (κ2) is 4.17. The van der Waals surface area contributed by atoms with E-state index in [-0.39, 0.29) is 11.9 Å². The summed E-state index contributed by atoms with van der Waals surface area (Å²) in [5.41, 5.74) is 3.61. The van der Waals surface area contributed by atoms with Crippen molar-refractivity contribution >= 4 is 16.6 Å². The van der Waals surface area contributed by atoms with Crippen molar-refractivity contribution in [1.82, 2.24) is 0 Å². The number of hydrogen-bond acceptors (Lipinski definition) is 2. The topological polar surface area (TPSA) is 26.3 Å². The summed E-state index contributed by atoms with van der Waals surface area (Å²) in [5.74, 6) is 0.160. The molecule has 2 aliphatic rings. The molecule has 96 valence electrons. The van der Waals surface area contributed by atoms with E-state index in [1.807, 2.05) is 6.07 Å². The van der Waals surface area contributed by atoms with Gasteiger partial charge >= 0.3 is 0 Å². The molecular weight excluding hydrogens is 236 g/mol. The van der Waals surface area contributed by atoms with Gasteiger partial charge in [-0.3, -0.25) is 4.79 Å². The van der Waals surface area contributed by atoms with E-state index in [1.165, 1.54) is 16.5 Å². The van der Waals surface area contributed by atoms with Gasteiger partial charge in [0, 0.05) is 12.2 Å². The summed E-state index contributed by atoms with van der Waals surface area (Å²) in [6.07, 6.45) is 3.84. The SMILES string of the molecule is O=C(c1ccc2c3c(cccc13)CC2)C1CCCO1. The highest BCUT2D eigenvalue weighted by atomic mass is 16.5. The van der Waals surface area contributed by atoms with Gasteiger partial charge in [0.1, 0.15) is 6.10 Å². The first kappa shape index (κ1) is 11.2. The van der Waals surface area contributed by atoms with E-state index in [0.717, 1.165) is 43.2 Å². The van der Waals surface area contributed by atoms with E-state index in [0.29, 0.717) is 0 Å². The molecule has 1 saturated heterocycles. The molecule has 0 amide bonds. The average Bonchev–Trinajstić information content (AvgIpc) is 3.09. The monoisotopic (exact) mass is 252 g/mol. The molecule has 0 aromatic heterocycles. The van der Waals surface area contributed by atoms with Gasteiger partial charge in [0.15, 0.2) is 5.78 Å². The molecule has 2 aromatic rings. The molecule has 0 spiro atoms. The quantitative estimate of drug-likeness (QED) is 0.766. The highest BCUT2D eigenvalue weighted by molar-refractivity contribution is 6.11. The molecule has 1 atom stereocenters. The number of hydrogen-bond donors (Lipinski definition) is 0. The third-order valence-corrected chi connectivity index (χ3v) is 4.36. The molecule has 1 aliphatic carbocycles. The third kappa shape index (κ3) is 1.63. The second-order valence-electron chi connectivity index (χ2n) is 5.48. The number of rotatable bonds is 2. The number of ketones is 1. The van der Waals surface area contributed by atoms with Crippen LogP contribution < -0.4 is 0 Å². The van der Waals surface area contributed by atoms with Crippen LogP contribution in [0, 0.1) is 0 Å². The molecule has 0 radical (unpaired) electrons. The Balaban J connectivity index is 1.89. The summed E-state index contributed by atoms with van der Waals surface area (Å²) >= 11 is 0. The fraction of sp³-hybridized carbons (Fsp3) is 0.353. The number of aryl methyl sites for hydroxylation is 2. The van der Waals surface area contributed by atoms with Crippen molar-refractivity contribution < 1.29 is 9.53 Å². The number of ether oxygens (including phenoxy) is 1. The Bertz CT molecular complexity index is 656. The Kier molecular flexibility index (Phi) is 2.46. The van der Waals surface area contributed by atoms with Crippen molar-refractivity contribution in [3.8, 4) is 0 Å². The minimum atomic E-state index is -0.224. The van der Waals surface area contributed by atoms with Crippen molar-refractivity contribution in [3.05, 3.63) is 47.0 Å². The molecule has 19 heavy (non-hydrogen) atoms. The highest BCUT2D eigenvalue weighted by Gasteiger charge is 2.27. The van der Waals surface area contributed by atoms with E-state index in [2.05, 4.69) is 24.3 Å². The molecule has 0 bridgehead atoms. The minimum Gasteiger partial charge on any atom is -0.370 e. The Labute approximate surface area is 112 Å². The fourth-order valence-corrected chi connectivity index (χ4v) is 3.42. The molecule has 2 nitrogen and oxygen atoms in total. The van der Waals surface area contributed by atoms with Crippen LogP contribution in [0.2, 0.25) is 0 Å². The highest BCUT2D eigenvalue weighted by Crippen LogP contribution is 2.33. The van der Waals surface area contributed by atoms with Crippen molar-refractivity contribution in [1.29, 1.82) is 0 Å². The van der Waals surface area contributed by atoms with Crippen LogP contribution in [0.5, 0.6) is 0 Å². The number of carbonyl (C=O) groups excluding carboxylic acids is 1. The zero-order chi connectivity index (χ0) is 12.8. The average molecular weight is 252 g/mol. The summed E-state index contributed by atoms with van der Waals surface area (Å²) < 4.78 is 5.54. The fourth-order valence-electron chi connectivity index (χ4n) is 3.42. The Hall–Kier alpha value is -1.67. The van der Waals surface area contributed by atoms with Crippen molar-refractivity contribution in [2.75, 3.05) is 6.61 Å². The molecule has 2 aromatic carbocycles. The molecular formula is C17H16O2. The Morgan fingerprint density at radius 2 is 1.95 bits per heavy atom. The first-order valence-corrected chi connectivity index (χ1v) is 7.04. The van der Waals surface area contributed by atoms with Crippen LogP contribution in [0.15, 0.2) is 30.3 Å². The van der Waals surface area contributed by atoms with E-state index in [4.69, 9.17) is 4.74 Å². The van der Waals surface area contributed by atoms with Crippen LogP contribution in [0.25, 0.3) is 10.8 Å². The van der Waals surface area contributed by atoms with Gasteiger partial charge in [0.25, 0.3) is 0 Å². The Morgan fingerprint density at radius 3 is 2.74 bits per heavy atom. The van der Waals surface area contributed by atoms with Gasteiger partial charge < -0.3 is 4.74 Å². The summed E-state index contributed by atoms with van der Waals surface area (Å²) in [5, 5.41) is 2.43. The number of carbonyl (C=O) groups is 1. The normalized spacial score (nSPS) is 21.2. The van der Waals surface area contributed by atoms with Gasteiger partial charge in [0.05, 0.1) is 0 Å². The third-order valence-electron chi connectivity index (χ3n) is 4.36. The minimum absolute atomic E-state index is 0.160. The van der Waals surface area contributed by atoms with Crippen LogP contribution in [-0.4, -0.2) is 18.5 Å². The number of benzene rings is 2. The van der Waals surface area contributed by atoms with Crippen LogP contribution >= 0.6 is 0 Å². The van der Waals surface area contributed by atoms with Crippen molar-refractivity contribution in [3.63, 3.8) is 0 Å². The molecule has 1 fully saturated rings. The molecule has 0 N–H and O–H groups in total. The van der Waals surface area contributed by atoms with Crippen LogP contribution in [0.4, 0.5) is 0 Å². The first-order chi connectivity index (χ1) is 9.34.